The van der Waals surface area contributed by atoms with Crippen LogP contribution in [0.25, 0.3) is 0 Å². The van der Waals surface area contributed by atoms with Gasteiger partial charge >= 0.3 is 17.9 Å². The molecule has 0 aromatic rings. The predicted molar refractivity (Wildman–Crippen MR) is 196 cm³/mol. The van der Waals surface area contributed by atoms with Gasteiger partial charge in [-0.25, -0.2) is 0 Å². The quantitative estimate of drug-likeness (QED) is 0.0369. The van der Waals surface area contributed by atoms with Crippen LogP contribution in [-0.4, -0.2) is 163 Å². The van der Waals surface area contributed by atoms with Crippen molar-refractivity contribution in [3.63, 3.8) is 0 Å². The Hall–Kier alpha value is -2.07. The number of hydrogen-bond acceptors (Lipinski definition) is 17. The van der Waals surface area contributed by atoms with Crippen molar-refractivity contribution in [2.45, 2.75) is 203 Å². The molecule has 0 saturated carbocycles. The number of esters is 2. The highest BCUT2D eigenvalue weighted by atomic mass is 16.8. The second-order valence-corrected chi connectivity index (χ2v) is 14.9. The third-order valence-corrected chi connectivity index (χ3v) is 9.96. The Kier molecular flexibility index (Phi) is 24.7. The first-order valence-corrected chi connectivity index (χ1v) is 20.2. The van der Waals surface area contributed by atoms with E-state index in [1.165, 1.54) is 0 Å². The number of ether oxygens (including phenoxy) is 6. The summed E-state index contributed by atoms with van der Waals surface area (Å²) in [6.07, 6.45) is -7.63. The Morgan fingerprint density at radius 2 is 1.16 bits per heavy atom. The number of carboxylic acid groups (broad SMARTS) is 1. The molecular weight excluding hydrogens is 744 g/mol. The van der Waals surface area contributed by atoms with E-state index < -0.39 is 117 Å². The van der Waals surface area contributed by atoms with Gasteiger partial charge in [-0.15, -0.1) is 0 Å². The van der Waals surface area contributed by atoms with E-state index >= 15 is 0 Å². The van der Waals surface area contributed by atoms with Crippen molar-refractivity contribution in [2.75, 3.05) is 19.8 Å². The summed E-state index contributed by atoms with van der Waals surface area (Å²) in [4.78, 5) is 35.1. The molecule has 18 heteroatoms. The standard InChI is InChI=1S/C38H68O18/c1-3-4-12-15-25(42)19-30(46)55-36-32(48)31(47)27(20-39)53-38(36)56-35-28(22-51-23(2)40)54-37(34(50)33(35)49)52-21-26(43)17-14-11-9-7-5-6-8-10-13-16-24(41)18-29(44)45/h24-28,31-39,41-43,47-50H,3-22H2,1-2H3,(H,44,45)/t24?,25?,26?,27-,28-,31-,32+,33-,34-,35-,36-,37-,38+/m1/s1. The maximum Gasteiger partial charge on any atom is 0.308 e. The first kappa shape index (κ1) is 50.1. The molecule has 2 rings (SSSR count). The molecule has 2 fully saturated rings. The summed E-state index contributed by atoms with van der Waals surface area (Å²) >= 11 is 0. The lowest BCUT2D eigenvalue weighted by atomic mass is 9.96. The van der Waals surface area contributed by atoms with Crippen LogP contribution in [0.3, 0.4) is 0 Å². The largest absolute Gasteiger partial charge is 0.481 e. The van der Waals surface area contributed by atoms with Crippen molar-refractivity contribution < 1.29 is 88.8 Å². The molecule has 2 heterocycles. The molecule has 13 atom stereocenters. The Morgan fingerprint density at radius 3 is 1.71 bits per heavy atom. The topological polar surface area (TPSA) is 289 Å². The van der Waals surface area contributed by atoms with E-state index in [1.807, 2.05) is 6.92 Å². The van der Waals surface area contributed by atoms with Crippen LogP contribution in [0.5, 0.6) is 0 Å². The Balaban J connectivity index is 1.90. The lowest BCUT2D eigenvalue weighted by Gasteiger charge is -2.46. The van der Waals surface area contributed by atoms with Crippen molar-refractivity contribution >= 4 is 17.9 Å². The van der Waals surface area contributed by atoms with Crippen LogP contribution in [0.15, 0.2) is 0 Å². The monoisotopic (exact) mass is 812 g/mol. The molecule has 2 saturated heterocycles. The van der Waals surface area contributed by atoms with E-state index in [0.29, 0.717) is 32.1 Å². The van der Waals surface area contributed by atoms with Crippen LogP contribution < -0.4 is 0 Å². The van der Waals surface area contributed by atoms with Gasteiger partial charge in [0.1, 0.15) is 49.3 Å². The minimum absolute atomic E-state index is 0.227. The number of aliphatic carboxylic acids is 1. The Labute approximate surface area is 329 Å². The van der Waals surface area contributed by atoms with E-state index in [4.69, 9.17) is 33.5 Å². The summed E-state index contributed by atoms with van der Waals surface area (Å²) in [7, 11) is 0. The molecule has 0 aromatic heterocycles. The fourth-order valence-electron chi connectivity index (χ4n) is 6.71. The first-order chi connectivity index (χ1) is 26.7. The van der Waals surface area contributed by atoms with Gasteiger partial charge in [-0.3, -0.25) is 14.4 Å². The van der Waals surface area contributed by atoms with Crippen molar-refractivity contribution in [3.8, 4) is 0 Å². The van der Waals surface area contributed by atoms with Crippen LogP contribution in [0.1, 0.15) is 123 Å². The second kappa shape index (κ2) is 27.6. The number of aliphatic hydroxyl groups excluding tert-OH is 8. The summed E-state index contributed by atoms with van der Waals surface area (Å²) in [5, 5.41) is 92.4. The smallest absolute Gasteiger partial charge is 0.308 e. The zero-order valence-electron chi connectivity index (χ0n) is 32.8. The molecule has 0 aromatic carbocycles. The van der Waals surface area contributed by atoms with Gasteiger partial charge in [-0.2, -0.15) is 0 Å². The van der Waals surface area contributed by atoms with E-state index in [-0.39, 0.29) is 13.0 Å². The van der Waals surface area contributed by atoms with Gasteiger partial charge in [0.25, 0.3) is 0 Å². The van der Waals surface area contributed by atoms with Gasteiger partial charge in [-0.1, -0.05) is 84.0 Å². The number of unbranched alkanes of at least 4 members (excludes halogenated alkanes) is 10. The predicted octanol–water partition coefficient (Wildman–Crippen LogP) is 0.568. The maximum absolute atomic E-state index is 12.8. The molecule has 3 unspecified atom stereocenters. The zero-order valence-corrected chi connectivity index (χ0v) is 32.8. The van der Waals surface area contributed by atoms with Crippen molar-refractivity contribution in [3.05, 3.63) is 0 Å². The van der Waals surface area contributed by atoms with Gasteiger partial charge in [0.15, 0.2) is 18.7 Å². The number of hydrogen-bond donors (Lipinski definition) is 9. The summed E-state index contributed by atoms with van der Waals surface area (Å²) in [6, 6.07) is 0. The Bertz CT molecular complexity index is 1100. The van der Waals surface area contributed by atoms with Gasteiger partial charge < -0.3 is 74.4 Å². The van der Waals surface area contributed by atoms with Crippen molar-refractivity contribution in [1.82, 2.24) is 0 Å². The fourth-order valence-corrected chi connectivity index (χ4v) is 6.71. The zero-order chi connectivity index (χ0) is 41.6. The minimum Gasteiger partial charge on any atom is -0.481 e. The van der Waals surface area contributed by atoms with E-state index in [9.17, 15) is 55.2 Å². The molecule has 0 bridgehead atoms. The van der Waals surface area contributed by atoms with Gasteiger partial charge in [0.2, 0.25) is 0 Å². The average Bonchev–Trinajstić information content (AvgIpc) is 3.14. The van der Waals surface area contributed by atoms with Crippen LogP contribution in [0.4, 0.5) is 0 Å². The average molecular weight is 813 g/mol. The highest BCUT2D eigenvalue weighted by Gasteiger charge is 2.52. The fraction of sp³-hybridized carbons (Fsp3) is 0.921. The van der Waals surface area contributed by atoms with E-state index in [2.05, 4.69) is 0 Å². The van der Waals surface area contributed by atoms with Crippen molar-refractivity contribution in [2.24, 2.45) is 0 Å². The summed E-state index contributed by atoms with van der Waals surface area (Å²) < 4.78 is 33.5. The SMILES string of the molecule is CCCCCC(O)CC(=O)O[C@H]1[C@H](O[C@H]2[C@H](O)[C@@H](O)[C@H](OCC(O)CCCCCCCCCCCC(O)CC(=O)O)O[C@@H]2COC(C)=O)O[C@H](CO)[C@@H](O)[C@@H]1O. The van der Waals surface area contributed by atoms with Crippen LogP contribution in [0.2, 0.25) is 0 Å². The number of carbonyl (C=O) groups is 3. The maximum atomic E-state index is 12.8. The van der Waals surface area contributed by atoms with Gasteiger partial charge in [0, 0.05) is 6.92 Å². The van der Waals surface area contributed by atoms with E-state index in [1.54, 1.807) is 0 Å². The normalized spacial score (nSPS) is 29.7. The van der Waals surface area contributed by atoms with Gasteiger partial charge in [0.05, 0.1) is 44.4 Å². The molecule has 0 amide bonds. The first-order valence-electron chi connectivity index (χ1n) is 20.2. The molecular formula is C38H68O18. The van der Waals surface area contributed by atoms with Crippen LogP contribution in [-0.2, 0) is 42.8 Å². The molecule has 0 spiro atoms. The van der Waals surface area contributed by atoms with Crippen LogP contribution >= 0.6 is 0 Å². The highest BCUT2D eigenvalue weighted by molar-refractivity contribution is 5.70. The van der Waals surface area contributed by atoms with E-state index in [0.717, 1.165) is 71.1 Å². The lowest BCUT2D eigenvalue weighted by molar-refractivity contribution is -0.361. The molecule has 2 aliphatic rings. The molecule has 56 heavy (non-hydrogen) atoms. The number of carboxylic acids is 1. The minimum atomic E-state index is -1.83. The van der Waals surface area contributed by atoms with Gasteiger partial charge in [-0.05, 0) is 19.3 Å². The molecule has 0 radical (unpaired) electrons. The molecule has 2 aliphatic heterocycles. The summed E-state index contributed by atoms with van der Waals surface area (Å²) in [5.74, 6) is -2.64. The lowest BCUT2D eigenvalue weighted by Crippen LogP contribution is -2.65. The number of rotatable bonds is 29. The Morgan fingerprint density at radius 1 is 0.643 bits per heavy atom. The number of carbonyl (C=O) groups excluding carboxylic acids is 2. The number of aliphatic hydroxyl groups is 8. The third kappa shape index (κ3) is 18.7. The molecule has 0 aliphatic carbocycles. The second-order valence-electron chi connectivity index (χ2n) is 14.9. The third-order valence-electron chi connectivity index (χ3n) is 9.96. The molecule has 9 N–H and O–H groups in total. The summed E-state index contributed by atoms with van der Waals surface area (Å²) in [6.45, 7) is 1.59. The molecule has 18 nitrogen and oxygen atoms in total. The highest BCUT2D eigenvalue weighted by Crippen LogP contribution is 2.31. The summed E-state index contributed by atoms with van der Waals surface area (Å²) in [5.41, 5.74) is 0. The molecule has 328 valence electrons. The van der Waals surface area contributed by atoms with Crippen LogP contribution in [0, 0.1) is 0 Å². The van der Waals surface area contributed by atoms with Crippen molar-refractivity contribution in [1.29, 1.82) is 0 Å².